The standard InChI is InChI=1S/C15H15F2N3O2/c1-22-5-4-19-15(21)10-6-12(9-18-8-10)20-14-3-2-11(16)7-13(14)17/h2-3,6-9,20H,4-5H2,1H3,(H,19,21). The summed E-state index contributed by atoms with van der Waals surface area (Å²) in [5.41, 5.74) is 0.841. The number of methoxy groups -OCH3 is 1. The van der Waals surface area contributed by atoms with E-state index in [2.05, 4.69) is 15.6 Å². The molecular weight excluding hydrogens is 292 g/mol. The first-order chi connectivity index (χ1) is 10.6. The number of pyridine rings is 1. The largest absolute Gasteiger partial charge is 0.383 e. The number of carbonyl (C=O) groups is 1. The molecule has 2 aromatic rings. The minimum atomic E-state index is -0.727. The number of rotatable bonds is 6. The highest BCUT2D eigenvalue weighted by Crippen LogP contribution is 2.20. The van der Waals surface area contributed by atoms with Gasteiger partial charge in [-0.05, 0) is 18.2 Å². The molecule has 1 aromatic heterocycles. The summed E-state index contributed by atoms with van der Waals surface area (Å²) in [6.07, 6.45) is 2.84. The van der Waals surface area contributed by atoms with Crippen molar-refractivity contribution in [2.45, 2.75) is 0 Å². The van der Waals surface area contributed by atoms with Crippen molar-refractivity contribution < 1.29 is 18.3 Å². The maximum atomic E-state index is 13.6. The maximum absolute atomic E-state index is 13.6. The van der Waals surface area contributed by atoms with E-state index in [9.17, 15) is 13.6 Å². The average molecular weight is 307 g/mol. The van der Waals surface area contributed by atoms with Crippen LogP contribution in [0.25, 0.3) is 0 Å². The number of nitrogens with zero attached hydrogens (tertiary/aromatic N) is 1. The van der Waals surface area contributed by atoms with E-state index in [0.29, 0.717) is 24.4 Å². The van der Waals surface area contributed by atoms with Crippen LogP contribution in [0.2, 0.25) is 0 Å². The van der Waals surface area contributed by atoms with Gasteiger partial charge in [-0.25, -0.2) is 8.78 Å². The van der Waals surface area contributed by atoms with Crippen molar-refractivity contribution in [1.82, 2.24) is 10.3 Å². The summed E-state index contributed by atoms with van der Waals surface area (Å²) in [5, 5.41) is 5.41. The fourth-order valence-electron chi connectivity index (χ4n) is 1.75. The third kappa shape index (κ3) is 4.23. The lowest BCUT2D eigenvalue weighted by Crippen LogP contribution is -2.27. The molecule has 2 N–H and O–H groups in total. The van der Waals surface area contributed by atoms with Gasteiger partial charge in [-0.2, -0.15) is 0 Å². The Kier molecular flexibility index (Phi) is 5.37. The van der Waals surface area contributed by atoms with Crippen molar-refractivity contribution in [3.63, 3.8) is 0 Å². The van der Waals surface area contributed by atoms with Crippen LogP contribution in [0.15, 0.2) is 36.7 Å². The third-order valence-electron chi connectivity index (χ3n) is 2.80. The van der Waals surface area contributed by atoms with Crippen LogP contribution in [0.3, 0.4) is 0 Å². The zero-order chi connectivity index (χ0) is 15.9. The lowest BCUT2D eigenvalue weighted by molar-refractivity contribution is 0.0937. The van der Waals surface area contributed by atoms with Gasteiger partial charge in [0, 0.05) is 25.9 Å². The van der Waals surface area contributed by atoms with E-state index in [-0.39, 0.29) is 11.6 Å². The number of hydrogen-bond donors (Lipinski definition) is 2. The quantitative estimate of drug-likeness (QED) is 0.805. The Balaban J connectivity index is 2.09. The summed E-state index contributed by atoms with van der Waals surface area (Å²) < 4.78 is 31.3. The Labute approximate surface area is 126 Å². The molecule has 0 saturated carbocycles. The highest BCUT2D eigenvalue weighted by Gasteiger charge is 2.08. The van der Waals surface area contributed by atoms with E-state index in [1.807, 2.05) is 0 Å². The Bertz CT molecular complexity index is 665. The van der Waals surface area contributed by atoms with Crippen molar-refractivity contribution in [3.05, 3.63) is 53.9 Å². The van der Waals surface area contributed by atoms with Crippen LogP contribution in [0.1, 0.15) is 10.4 Å². The molecule has 5 nitrogen and oxygen atoms in total. The first kappa shape index (κ1) is 15.8. The number of ether oxygens (including phenoxy) is 1. The van der Waals surface area contributed by atoms with Gasteiger partial charge in [-0.15, -0.1) is 0 Å². The monoisotopic (exact) mass is 307 g/mol. The molecule has 0 aliphatic rings. The number of hydrogen-bond acceptors (Lipinski definition) is 4. The van der Waals surface area contributed by atoms with Crippen LogP contribution in [-0.2, 0) is 4.74 Å². The van der Waals surface area contributed by atoms with Crippen LogP contribution in [0, 0.1) is 11.6 Å². The number of anilines is 2. The minimum Gasteiger partial charge on any atom is -0.383 e. The molecule has 0 radical (unpaired) electrons. The number of halogens is 2. The summed E-state index contributed by atoms with van der Waals surface area (Å²) in [6.45, 7) is 0.775. The van der Waals surface area contributed by atoms with Gasteiger partial charge in [0.25, 0.3) is 5.91 Å². The predicted octanol–water partition coefficient (Wildman–Crippen LogP) is 2.48. The third-order valence-corrected chi connectivity index (χ3v) is 2.80. The fraction of sp³-hybridized carbons (Fsp3) is 0.200. The lowest BCUT2D eigenvalue weighted by atomic mass is 10.2. The topological polar surface area (TPSA) is 63.2 Å². The highest BCUT2D eigenvalue weighted by atomic mass is 19.1. The smallest absolute Gasteiger partial charge is 0.253 e. The van der Waals surface area contributed by atoms with Gasteiger partial charge in [-0.1, -0.05) is 0 Å². The molecule has 1 amide bonds. The second-order valence-electron chi connectivity index (χ2n) is 4.46. The van der Waals surface area contributed by atoms with Gasteiger partial charge in [0.05, 0.1) is 29.7 Å². The first-order valence-corrected chi connectivity index (χ1v) is 6.54. The van der Waals surface area contributed by atoms with Crippen LogP contribution in [0.5, 0.6) is 0 Å². The second kappa shape index (κ2) is 7.46. The molecule has 2 rings (SSSR count). The summed E-state index contributed by atoms with van der Waals surface area (Å²) in [6, 6.07) is 4.71. The van der Waals surface area contributed by atoms with Crippen molar-refractivity contribution in [1.29, 1.82) is 0 Å². The van der Waals surface area contributed by atoms with Crippen molar-refractivity contribution in [3.8, 4) is 0 Å². The molecule has 0 aliphatic carbocycles. The van der Waals surface area contributed by atoms with Crippen LogP contribution < -0.4 is 10.6 Å². The van der Waals surface area contributed by atoms with Gasteiger partial charge in [0.2, 0.25) is 0 Å². The number of carbonyl (C=O) groups excluding carboxylic acids is 1. The van der Waals surface area contributed by atoms with E-state index < -0.39 is 11.6 Å². The van der Waals surface area contributed by atoms with E-state index in [0.717, 1.165) is 12.1 Å². The highest BCUT2D eigenvalue weighted by molar-refractivity contribution is 5.94. The first-order valence-electron chi connectivity index (χ1n) is 6.54. The Hall–Kier alpha value is -2.54. The number of nitrogens with one attached hydrogen (secondary N) is 2. The molecule has 0 aliphatic heterocycles. The summed E-state index contributed by atoms with van der Waals surface area (Å²) in [5.74, 6) is -1.70. The van der Waals surface area contributed by atoms with Crippen LogP contribution >= 0.6 is 0 Å². The minimum absolute atomic E-state index is 0.0974. The zero-order valence-corrected chi connectivity index (χ0v) is 11.9. The van der Waals surface area contributed by atoms with Gasteiger partial charge in [0.1, 0.15) is 11.6 Å². The van der Waals surface area contributed by atoms with E-state index in [1.165, 1.54) is 31.6 Å². The normalized spacial score (nSPS) is 10.3. The van der Waals surface area contributed by atoms with E-state index in [4.69, 9.17) is 4.74 Å². The summed E-state index contributed by atoms with van der Waals surface area (Å²) in [4.78, 5) is 15.8. The molecule has 116 valence electrons. The molecule has 0 spiro atoms. The molecule has 0 bridgehead atoms. The van der Waals surface area contributed by atoms with Gasteiger partial charge in [0.15, 0.2) is 0 Å². The van der Waals surface area contributed by atoms with Crippen LogP contribution in [0.4, 0.5) is 20.2 Å². The SMILES string of the molecule is COCCNC(=O)c1cncc(Nc2ccc(F)cc2F)c1. The number of aromatic nitrogens is 1. The molecule has 1 heterocycles. The van der Waals surface area contributed by atoms with Gasteiger partial charge < -0.3 is 15.4 Å². The molecule has 0 saturated heterocycles. The molecule has 0 fully saturated rings. The van der Waals surface area contributed by atoms with Crippen molar-refractivity contribution in [2.24, 2.45) is 0 Å². The maximum Gasteiger partial charge on any atom is 0.253 e. The number of amides is 1. The fourth-order valence-corrected chi connectivity index (χ4v) is 1.75. The second-order valence-corrected chi connectivity index (χ2v) is 4.46. The Morgan fingerprint density at radius 1 is 1.27 bits per heavy atom. The van der Waals surface area contributed by atoms with E-state index >= 15 is 0 Å². The average Bonchev–Trinajstić information content (AvgIpc) is 2.50. The molecule has 0 unspecified atom stereocenters. The Morgan fingerprint density at radius 2 is 2.09 bits per heavy atom. The van der Waals surface area contributed by atoms with Gasteiger partial charge in [-0.3, -0.25) is 9.78 Å². The summed E-state index contributed by atoms with van der Waals surface area (Å²) >= 11 is 0. The predicted molar refractivity (Wildman–Crippen MR) is 78.1 cm³/mol. The van der Waals surface area contributed by atoms with Gasteiger partial charge >= 0.3 is 0 Å². The zero-order valence-electron chi connectivity index (χ0n) is 11.9. The van der Waals surface area contributed by atoms with Crippen molar-refractivity contribution in [2.75, 3.05) is 25.6 Å². The van der Waals surface area contributed by atoms with Crippen LogP contribution in [-0.4, -0.2) is 31.2 Å². The molecule has 1 aromatic carbocycles. The molecular formula is C15H15F2N3O2. The molecule has 0 atom stereocenters. The summed E-state index contributed by atoms with van der Waals surface area (Å²) in [7, 11) is 1.54. The Morgan fingerprint density at radius 3 is 2.82 bits per heavy atom. The molecule has 22 heavy (non-hydrogen) atoms. The lowest BCUT2D eigenvalue weighted by Gasteiger charge is -2.09. The molecule has 7 heteroatoms. The van der Waals surface area contributed by atoms with E-state index in [1.54, 1.807) is 0 Å². The van der Waals surface area contributed by atoms with Crippen molar-refractivity contribution >= 4 is 17.3 Å². The number of benzene rings is 1.